The lowest BCUT2D eigenvalue weighted by atomic mass is 10.5. The Morgan fingerprint density at radius 2 is 1.43 bits per heavy atom. The van der Waals surface area contributed by atoms with Gasteiger partial charge in [-0.2, -0.15) is 0 Å². The Morgan fingerprint density at radius 1 is 1.00 bits per heavy atom. The second kappa shape index (κ2) is 9.36. The molecule has 0 aliphatic rings. The van der Waals surface area contributed by atoms with E-state index in [0.29, 0.717) is 26.3 Å². The molecule has 0 amide bonds. The normalized spacial score (nSPS) is 11.6. The molecule has 0 heterocycles. The average molecular weight is 207 g/mol. The molecule has 0 saturated heterocycles. The van der Waals surface area contributed by atoms with Crippen LogP contribution in [0.4, 0.5) is 0 Å². The molecule has 5 nitrogen and oxygen atoms in total. The second-order valence-electron chi connectivity index (χ2n) is 2.70. The Bertz CT molecular complexity index is 97.4. The average Bonchev–Trinajstić information content (AvgIpc) is 2.17. The van der Waals surface area contributed by atoms with Crippen LogP contribution in [0.25, 0.3) is 0 Å². The largest absolute Gasteiger partial charge is 0.395 e. The summed E-state index contributed by atoms with van der Waals surface area (Å²) in [4.78, 5) is 1.76. The quantitative estimate of drug-likeness (QED) is 0.505. The molecule has 14 heavy (non-hydrogen) atoms. The van der Waals surface area contributed by atoms with Crippen molar-refractivity contribution >= 4 is 0 Å². The molecule has 2 N–H and O–H groups in total. The highest BCUT2D eigenvalue weighted by atomic mass is 16.7. The van der Waals surface area contributed by atoms with Gasteiger partial charge in [0.15, 0.2) is 0 Å². The second-order valence-corrected chi connectivity index (χ2v) is 2.70. The third-order valence-electron chi connectivity index (χ3n) is 1.69. The van der Waals surface area contributed by atoms with Crippen LogP contribution in [0.15, 0.2) is 0 Å². The number of ether oxygens (including phenoxy) is 2. The zero-order valence-electron chi connectivity index (χ0n) is 8.98. The first-order valence-corrected chi connectivity index (χ1v) is 4.99. The zero-order valence-corrected chi connectivity index (χ0v) is 8.98. The van der Waals surface area contributed by atoms with Crippen molar-refractivity contribution < 1.29 is 19.7 Å². The van der Waals surface area contributed by atoms with Crippen molar-refractivity contribution in [2.45, 2.75) is 20.3 Å². The Morgan fingerprint density at radius 3 is 1.71 bits per heavy atom. The summed E-state index contributed by atoms with van der Waals surface area (Å²) in [6, 6.07) is 0. The molecule has 0 rings (SSSR count). The third kappa shape index (κ3) is 5.51. The first-order chi connectivity index (χ1) is 6.79. The molecular formula is C9H21NO4. The molecule has 0 bridgehead atoms. The molecule has 5 heteroatoms. The fourth-order valence-electron chi connectivity index (χ4n) is 1.12. The van der Waals surface area contributed by atoms with Crippen LogP contribution in [0.3, 0.4) is 0 Å². The molecule has 0 atom stereocenters. The van der Waals surface area contributed by atoms with E-state index in [1.807, 2.05) is 13.8 Å². The Labute approximate surface area is 85.2 Å². The summed E-state index contributed by atoms with van der Waals surface area (Å²) in [5, 5.41) is 17.6. The van der Waals surface area contributed by atoms with Crippen LogP contribution in [-0.2, 0) is 9.47 Å². The molecule has 0 aliphatic carbocycles. The molecule has 0 aromatic carbocycles. The molecule has 0 aliphatic heterocycles. The van der Waals surface area contributed by atoms with Gasteiger partial charge in [0.25, 0.3) is 0 Å². The topological polar surface area (TPSA) is 62.2 Å². The zero-order chi connectivity index (χ0) is 10.8. The fraction of sp³-hybridized carbons (Fsp3) is 1.00. The lowest BCUT2D eigenvalue weighted by Crippen LogP contribution is -2.42. The molecular weight excluding hydrogens is 186 g/mol. The van der Waals surface area contributed by atoms with E-state index in [9.17, 15) is 0 Å². The predicted molar refractivity (Wildman–Crippen MR) is 52.8 cm³/mol. The molecule has 0 radical (unpaired) electrons. The minimum Gasteiger partial charge on any atom is -0.395 e. The smallest absolute Gasteiger partial charge is 0.218 e. The van der Waals surface area contributed by atoms with E-state index >= 15 is 0 Å². The Hall–Kier alpha value is -0.200. The maximum Gasteiger partial charge on any atom is 0.218 e. The van der Waals surface area contributed by atoms with Gasteiger partial charge in [-0.3, -0.25) is 4.90 Å². The first-order valence-electron chi connectivity index (χ1n) is 4.99. The molecule has 0 aromatic heterocycles. The van der Waals surface area contributed by atoms with Crippen LogP contribution in [0.2, 0.25) is 0 Å². The Kier molecular flexibility index (Phi) is 9.23. The van der Waals surface area contributed by atoms with Gasteiger partial charge in [-0.25, -0.2) is 0 Å². The van der Waals surface area contributed by atoms with E-state index in [1.165, 1.54) is 0 Å². The summed E-state index contributed by atoms with van der Waals surface area (Å²) in [6.45, 7) is 5.75. The maximum atomic E-state index is 8.81. The van der Waals surface area contributed by atoms with Crippen LogP contribution in [0.5, 0.6) is 0 Å². The van der Waals surface area contributed by atoms with E-state index in [0.717, 1.165) is 0 Å². The lowest BCUT2D eigenvalue weighted by Gasteiger charge is -2.29. The lowest BCUT2D eigenvalue weighted by molar-refractivity contribution is -0.223. The maximum absolute atomic E-state index is 8.81. The van der Waals surface area contributed by atoms with Gasteiger partial charge in [0.1, 0.15) is 0 Å². The van der Waals surface area contributed by atoms with Gasteiger partial charge in [0.2, 0.25) is 6.41 Å². The van der Waals surface area contributed by atoms with Gasteiger partial charge >= 0.3 is 0 Å². The van der Waals surface area contributed by atoms with Crippen molar-refractivity contribution in [2.24, 2.45) is 0 Å². The highest BCUT2D eigenvalue weighted by Crippen LogP contribution is 2.02. The van der Waals surface area contributed by atoms with E-state index in [1.54, 1.807) is 4.90 Å². The van der Waals surface area contributed by atoms with E-state index in [2.05, 4.69) is 0 Å². The predicted octanol–water partition coefficient (Wildman–Crippen LogP) is -0.370. The molecule has 0 spiro atoms. The van der Waals surface area contributed by atoms with Crippen LogP contribution in [0, 0.1) is 0 Å². The van der Waals surface area contributed by atoms with E-state index in [-0.39, 0.29) is 13.2 Å². The van der Waals surface area contributed by atoms with Crippen LogP contribution >= 0.6 is 0 Å². The van der Waals surface area contributed by atoms with Gasteiger partial charge in [0, 0.05) is 26.3 Å². The summed E-state index contributed by atoms with van der Waals surface area (Å²) in [6.07, 6.45) is -0.468. The number of aliphatic hydroxyl groups excluding tert-OH is 2. The van der Waals surface area contributed by atoms with Crippen molar-refractivity contribution in [3.05, 3.63) is 0 Å². The molecule has 0 fully saturated rings. The van der Waals surface area contributed by atoms with E-state index in [4.69, 9.17) is 19.7 Å². The van der Waals surface area contributed by atoms with Crippen molar-refractivity contribution in [3.63, 3.8) is 0 Å². The Balaban J connectivity index is 4.06. The van der Waals surface area contributed by atoms with Crippen molar-refractivity contribution in [1.29, 1.82) is 0 Å². The van der Waals surface area contributed by atoms with Crippen molar-refractivity contribution in [3.8, 4) is 0 Å². The van der Waals surface area contributed by atoms with Crippen LogP contribution < -0.4 is 0 Å². The number of aliphatic hydroxyl groups is 2. The minimum atomic E-state index is -0.468. The third-order valence-corrected chi connectivity index (χ3v) is 1.69. The van der Waals surface area contributed by atoms with Crippen LogP contribution in [0.1, 0.15) is 13.8 Å². The molecule has 0 unspecified atom stereocenters. The van der Waals surface area contributed by atoms with Gasteiger partial charge < -0.3 is 19.7 Å². The summed E-state index contributed by atoms with van der Waals surface area (Å²) in [5.41, 5.74) is 0. The minimum absolute atomic E-state index is 0.0245. The number of rotatable bonds is 9. The van der Waals surface area contributed by atoms with Gasteiger partial charge in [-0.1, -0.05) is 0 Å². The monoisotopic (exact) mass is 207 g/mol. The highest BCUT2D eigenvalue weighted by Gasteiger charge is 2.17. The summed E-state index contributed by atoms with van der Waals surface area (Å²) >= 11 is 0. The van der Waals surface area contributed by atoms with Crippen molar-refractivity contribution in [2.75, 3.05) is 39.5 Å². The van der Waals surface area contributed by atoms with Crippen molar-refractivity contribution in [1.82, 2.24) is 4.90 Å². The first kappa shape index (κ1) is 13.8. The van der Waals surface area contributed by atoms with Gasteiger partial charge in [-0.05, 0) is 13.8 Å². The van der Waals surface area contributed by atoms with Gasteiger partial charge in [0.05, 0.1) is 13.2 Å². The van der Waals surface area contributed by atoms with Gasteiger partial charge in [-0.15, -0.1) is 0 Å². The number of nitrogens with zero attached hydrogens (tertiary/aromatic N) is 1. The summed E-state index contributed by atoms with van der Waals surface area (Å²) in [5.74, 6) is 0. The number of hydrogen-bond donors (Lipinski definition) is 2. The summed E-state index contributed by atoms with van der Waals surface area (Å²) < 4.78 is 10.7. The standard InChI is InChI=1S/C9H21NO4/c1-3-13-9(14-4-2)10(5-7-11)6-8-12/h9,11-12H,3-8H2,1-2H3. The summed E-state index contributed by atoms with van der Waals surface area (Å²) in [7, 11) is 0. The van der Waals surface area contributed by atoms with Crippen LogP contribution in [-0.4, -0.2) is 61.0 Å². The van der Waals surface area contributed by atoms with E-state index < -0.39 is 6.41 Å². The molecule has 0 saturated carbocycles. The molecule has 0 aromatic rings. The SMILES string of the molecule is CCOC(OCC)N(CCO)CCO. The fourth-order valence-corrected chi connectivity index (χ4v) is 1.12. The number of hydrogen-bond acceptors (Lipinski definition) is 5. The molecule has 86 valence electrons. The highest BCUT2D eigenvalue weighted by molar-refractivity contribution is 4.55.